The summed E-state index contributed by atoms with van der Waals surface area (Å²) in [7, 11) is 0. The van der Waals surface area contributed by atoms with Crippen molar-refractivity contribution in [1.29, 1.82) is 0 Å². The van der Waals surface area contributed by atoms with Gasteiger partial charge in [-0.05, 0) is 50.9 Å². The van der Waals surface area contributed by atoms with Crippen molar-refractivity contribution in [2.75, 3.05) is 6.61 Å². The summed E-state index contributed by atoms with van der Waals surface area (Å²) in [5.41, 5.74) is 5.61. The molecule has 0 aromatic heterocycles. The molecule has 5 heteroatoms. The molecule has 0 saturated heterocycles. The molecule has 0 bridgehead atoms. The first-order valence-corrected chi connectivity index (χ1v) is 6.41. The Balaban J connectivity index is 2.86. The Bertz CT molecular complexity index is 305. The lowest BCUT2D eigenvalue weighted by Gasteiger charge is -2.12. The number of halogens is 3. The monoisotopic (exact) mass is 385 g/mol. The van der Waals surface area contributed by atoms with E-state index in [-0.39, 0.29) is 6.04 Å². The van der Waals surface area contributed by atoms with Crippen LogP contribution in [0.3, 0.4) is 0 Å². The van der Waals surface area contributed by atoms with Gasteiger partial charge in [0.1, 0.15) is 12.4 Å². The molecule has 1 aromatic carbocycles. The maximum atomic E-state index is 5.61. The minimum atomic E-state index is 0.0254. The van der Waals surface area contributed by atoms with Crippen LogP contribution in [-0.2, 0) is 0 Å². The Labute approximate surface area is 109 Å². The lowest BCUT2D eigenvalue weighted by Crippen LogP contribution is -2.23. The Hall–Kier alpha value is 0.420. The van der Waals surface area contributed by atoms with Crippen LogP contribution in [0, 0.1) is 0 Å². The highest BCUT2D eigenvalue weighted by Gasteiger charge is 2.08. The summed E-state index contributed by atoms with van der Waals surface area (Å²) in [5, 5.41) is 0. The van der Waals surface area contributed by atoms with E-state index in [1.54, 1.807) is 0 Å². The minimum absolute atomic E-state index is 0.0254. The van der Waals surface area contributed by atoms with Gasteiger partial charge in [0.15, 0.2) is 0 Å². The van der Waals surface area contributed by atoms with Crippen LogP contribution >= 0.6 is 47.8 Å². The van der Waals surface area contributed by atoms with Gasteiger partial charge in [-0.15, -0.1) is 0 Å². The summed E-state index contributed by atoms with van der Waals surface area (Å²) in [5.74, 6) is 0.783. The third kappa shape index (κ3) is 3.53. The number of hydrogen-bond donors (Lipinski definition) is 1. The number of rotatable bonds is 3. The molecule has 0 fully saturated rings. The van der Waals surface area contributed by atoms with Gasteiger partial charge in [0, 0.05) is 10.5 Å². The second-order valence-corrected chi connectivity index (χ2v) is 5.61. The van der Waals surface area contributed by atoms with Crippen molar-refractivity contribution in [3.63, 3.8) is 0 Å². The molecule has 1 aromatic rings. The second kappa shape index (κ2) is 5.49. The van der Waals surface area contributed by atoms with Crippen molar-refractivity contribution >= 4 is 47.8 Å². The molecule has 1 atom stereocenters. The highest BCUT2D eigenvalue weighted by atomic mass is 79.9. The third-order valence-corrected chi connectivity index (χ3v) is 3.09. The molecule has 2 N–H and O–H groups in total. The van der Waals surface area contributed by atoms with E-state index in [9.17, 15) is 0 Å². The first-order valence-electron chi connectivity index (χ1n) is 4.03. The Kier molecular flexibility index (Phi) is 4.90. The standard InChI is InChI=1S/C9H10Br3NO/c1-5(13)4-14-9-7(11)2-6(10)3-8(9)12/h2-3,5H,4,13H2,1H3. The van der Waals surface area contributed by atoms with Gasteiger partial charge in [-0.3, -0.25) is 0 Å². The summed E-state index contributed by atoms with van der Waals surface area (Å²) in [6.07, 6.45) is 0. The summed E-state index contributed by atoms with van der Waals surface area (Å²) in [4.78, 5) is 0. The molecule has 0 spiro atoms. The molecular formula is C9H10Br3NO. The average Bonchev–Trinajstić information content (AvgIpc) is 2.01. The molecule has 1 rings (SSSR count). The van der Waals surface area contributed by atoms with Crippen molar-refractivity contribution in [3.05, 3.63) is 25.6 Å². The van der Waals surface area contributed by atoms with E-state index in [0.717, 1.165) is 19.2 Å². The van der Waals surface area contributed by atoms with Gasteiger partial charge >= 0.3 is 0 Å². The number of hydrogen-bond acceptors (Lipinski definition) is 2. The average molecular weight is 388 g/mol. The van der Waals surface area contributed by atoms with Crippen LogP contribution in [0.25, 0.3) is 0 Å². The molecule has 1 unspecified atom stereocenters. The molecule has 0 amide bonds. The zero-order valence-electron chi connectivity index (χ0n) is 7.56. The van der Waals surface area contributed by atoms with Crippen LogP contribution < -0.4 is 10.5 Å². The molecular weight excluding hydrogens is 378 g/mol. The number of benzene rings is 1. The van der Waals surface area contributed by atoms with Crippen LogP contribution in [0.4, 0.5) is 0 Å². The Morgan fingerprint density at radius 3 is 2.21 bits per heavy atom. The highest BCUT2D eigenvalue weighted by molar-refractivity contribution is 9.11. The van der Waals surface area contributed by atoms with Gasteiger partial charge in [-0.25, -0.2) is 0 Å². The van der Waals surface area contributed by atoms with E-state index in [2.05, 4.69) is 47.8 Å². The van der Waals surface area contributed by atoms with Crippen molar-refractivity contribution in [2.24, 2.45) is 5.73 Å². The van der Waals surface area contributed by atoms with Crippen molar-refractivity contribution in [2.45, 2.75) is 13.0 Å². The minimum Gasteiger partial charge on any atom is -0.490 e. The van der Waals surface area contributed by atoms with E-state index in [4.69, 9.17) is 10.5 Å². The number of ether oxygens (including phenoxy) is 1. The first kappa shape index (κ1) is 12.5. The summed E-state index contributed by atoms with van der Waals surface area (Å²) < 4.78 is 8.34. The maximum Gasteiger partial charge on any atom is 0.147 e. The van der Waals surface area contributed by atoms with Crippen LogP contribution in [0.5, 0.6) is 5.75 Å². The van der Waals surface area contributed by atoms with Crippen molar-refractivity contribution in [3.8, 4) is 5.75 Å². The van der Waals surface area contributed by atoms with Crippen LogP contribution in [0.1, 0.15) is 6.92 Å². The molecule has 0 aliphatic rings. The van der Waals surface area contributed by atoms with Crippen molar-refractivity contribution < 1.29 is 4.74 Å². The molecule has 78 valence electrons. The van der Waals surface area contributed by atoms with Gasteiger partial charge in [0.25, 0.3) is 0 Å². The molecule has 0 radical (unpaired) electrons. The van der Waals surface area contributed by atoms with Crippen molar-refractivity contribution in [1.82, 2.24) is 0 Å². The lowest BCUT2D eigenvalue weighted by molar-refractivity contribution is 0.292. The summed E-state index contributed by atoms with van der Waals surface area (Å²) in [6.45, 7) is 2.40. The predicted molar refractivity (Wildman–Crippen MR) is 68.7 cm³/mol. The predicted octanol–water partition coefficient (Wildman–Crippen LogP) is 3.70. The molecule has 14 heavy (non-hydrogen) atoms. The Morgan fingerprint density at radius 2 is 1.79 bits per heavy atom. The Morgan fingerprint density at radius 1 is 1.29 bits per heavy atom. The zero-order chi connectivity index (χ0) is 10.7. The van der Waals surface area contributed by atoms with Gasteiger partial charge < -0.3 is 10.5 Å². The van der Waals surface area contributed by atoms with E-state index < -0.39 is 0 Å². The third-order valence-electron chi connectivity index (χ3n) is 1.45. The first-order chi connectivity index (χ1) is 6.50. The quantitative estimate of drug-likeness (QED) is 0.858. The van der Waals surface area contributed by atoms with Gasteiger partial charge in [0.2, 0.25) is 0 Å². The number of nitrogens with two attached hydrogens (primary N) is 1. The smallest absolute Gasteiger partial charge is 0.147 e. The van der Waals surface area contributed by atoms with Gasteiger partial charge in [0.05, 0.1) is 8.95 Å². The largest absolute Gasteiger partial charge is 0.490 e. The van der Waals surface area contributed by atoms with Gasteiger partial charge in [-0.2, -0.15) is 0 Å². The van der Waals surface area contributed by atoms with Crippen LogP contribution in [0.15, 0.2) is 25.6 Å². The SMILES string of the molecule is CC(N)COc1c(Br)cc(Br)cc1Br. The van der Waals surface area contributed by atoms with E-state index >= 15 is 0 Å². The summed E-state index contributed by atoms with van der Waals surface area (Å²) >= 11 is 10.2. The van der Waals surface area contributed by atoms with Gasteiger partial charge in [-0.1, -0.05) is 15.9 Å². The molecule has 2 nitrogen and oxygen atoms in total. The van der Waals surface area contributed by atoms with E-state index in [1.165, 1.54) is 0 Å². The molecule has 0 heterocycles. The van der Waals surface area contributed by atoms with E-state index in [1.807, 2.05) is 19.1 Å². The fraction of sp³-hybridized carbons (Fsp3) is 0.333. The van der Waals surface area contributed by atoms with E-state index in [0.29, 0.717) is 6.61 Å². The fourth-order valence-corrected chi connectivity index (χ4v) is 3.37. The van der Waals surface area contributed by atoms with Crippen LogP contribution in [0.2, 0.25) is 0 Å². The maximum absolute atomic E-state index is 5.61. The lowest BCUT2D eigenvalue weighted by atomic mass is 10.3. The second-order valence-electron chi connectivity index (χ2n) is 2.99. The zero-order valence-corrected chi connectivity index (χ0v) is 12.3. The topological polar surface area (TPSA) is 35.2 Å². The van der Waals surface area contributed by atoms with Crippen LogP contribution in [-0.4, -0.2) is 12.6 Å². The summed E-state index contributed by atoms with van der Waals surface area (Å²) in [6, 6.07) is 3.89. The normalized spacial score (nSPS) is 12.6. The molecule has 0 saturated carbocycles. The highest BCUT2D eigenvalue weighted by Crippen LogP contribution is 2.36. The molecule has 0 aliphatic heterocycles. The molecule has 0 aliphatic carbocycles. The fourth-order valence-electron chi connectivity index (χ4n) is 0.882.